The Morgan fingerprint density at radius 2 is 1.96 bits per heavy atom. The van der Waals surface area contributed by atoms with Crippen molar-refractivity contribution in [2.75, 3.05) is 19.6 Å². The van der Waals surface area contributed by atoms with Crippen molar-refractivity contribution in [3.63, 3.8) is 0 Å². The summed E-state index contributed by atoms with van der Waals surface area (Å²) in [6, 6.07) is 12.1. The Hall–Kier alpha value is -2.37. The van der Waals surface area contributed by atoms with Crippen LogP contribution in [0.3, 0.4) is 0 Å². The molecule has 2 N–H and O–H groups in total. The number of aromatic carboxylic acids is 1. The summed E-state index contributed by atoms with van der Waals surface area (Å²) in [5, 5.41) is 17.0. The Kier molecular flexibility index (Phi) is 4.89. The topological polar surface area (TPSA) is 69.2 Å². The number of hydrogen-bond donors (Lipinski definition) is 2. The van der Waals surface area contributed by atoms with Crippen molar-refractivity contribution in [1.29, 1.82) is 0 Å². The van der Waals surface area contributed by atoms with Gasteiger partial charge in [-0.25, -0.2) is 4.79 Å². The zero-order valence-electron chi connectivity index (χ0n) is 15.2. The third-order valence-electron chi connectivity index (χ3n) is 5.58. The van der Waals surface area contributed by atoms with E-state index in [1.165, 1.54) is 18.4 Å². The number of fused-ring (bicyclic) bond motifs is 1. The van der Waals surface area contributed by atoms with Gasteiger partial charge in [-0.1, -0.05) is 42.8 Å². The van der Waals surface area contributed by atoms with E-state index in [9.17, 15) is 9.90 Å². The van der Waals surface area contributed by atoms with Crippen LogP contribution in [0.25, 0.3) is 22.0 Å². The first-order chi connectivity index (χ1) is 13.1. The lowest BCUT2D eigenvalue weighted by Crippen LogP contribution is -2.32. The van der Waals surface area contributed by atoms with Crippen molar-refractivity contribution in [1.82, 2.24) is 15.1 Å². The van der Waals surface area contributed by atoms with Crippen LogP contribution in [-0.4, -0.2) is 45.8 Å². The lowest BCUT2D eigenvalue weighted by molar-refractivity contribution is 0.0692. The van der Waals surface area contributed by atoms with Crippen LogP contribution in [0.15, 0.2) is 36.4 Å². The van der Waals surface area contributed by atoms with Crippen molar-refractivity contribution >= 4 is 28.5 Å². The molecule has 1 aliphatic rings. The minimum atomic E-state index is -1.05. The molecule has 5 nitrogen and oxygen atoms in total. The molecule has 0 atom stereocenters. The summed E-state index contributed by atoms with van der Waals surface area (Å²) < 4.78 is 0. The molecule has 6 heteroatoms. The van der Waals surface area contributed by atoms with Gasteiger partial charge in [-0.15, -0.1) is 0 Å². The molecular formula is C21H22ClN3O2. The molecule has 1 aromatic heterocycles. The van der Waals surface area contributed by atoms with Crippen LogP contribution in [0.1, 0.15) is 41.7 Å². The number of benzene rings is 2. The summed E-state index contributed by atoms with van der Waals surface area (Å²) in [4.78, 5) is 13.8. The number of piperidine rings is 1. The second-order valence-corrected chi connectivity index (χ2v) is 7.49. The van der Waals surface area contributed by atoms with E-state index in [1.54, 1.807) is 12.1 Å². The molecule has 0 amide bonds. The number of carboxylic acids is 1. The Bertz CT molecular complexity index is 973. The standard InChI is InChI=1S/C21H22ClN3O2/c1-2-25-9-7-14(8-10-25)13-3-5-15(6-4-13)16-11-17-19(12-18(16)22)23-24-20(17)21(26)27/h3-6,11-12,14H,2,7-10H2,1H3,(H,23,24)(H,26,27). The molecule has 4 rings (SSSR count). The fourth-order valence-corrected chi connectivity index (χ4v) is 4.21. The molecule has 0 spiro atoms. The van der Waals surface area contributed by atoms with Gasteiger partial charge in [0.2, 0.25) is 0 Å². The first-order valence-electron chi connectivity index (χ1n) is 9.30. The number of H-pyrrole nitrogens is 1. The lowest BCUT2D eigenvalue weighted by atomic mass is 9.88. The predicted octanol–water partition coefficient (Wildman–Crippen LogP) is 4.78. The molecule has 0 unspecified atom stereocenters. The number of carboxylic acid groups (broad SMARTS) is 1. The molecule has 140 valence electrons. The van der Waals surface area contributed by atoms with Gasteiger partial charge in [0.25, 0.3) is 0 Å². The van der Waals surface area contributed by atoms with Crippen LogP contribution >= 0.6 is 11.6 Å². The average molecular weight is 384 g/mol. The van der Waals surface area contributed by atoms with Crippen molar-refractivity contribution in [3.05, 3.63) is 52.7 Å². The van der Waals surface area contributed by atoms with Crippen LogP contribution in [0.5, 0.6) is 0 Å². The molecule has 1 fully saturated rings. The molecule has 3 aromatic rings. The van der Waals surface area contributed by atoms with Gasteiger partial charge in [0.05, 0.1) is 10.5 Å². The Morgan fingerprint density at radius 1 is 1.26 bits per heavy atom. The number of nitrogens with zero attached hydrogens (tertiary/aromatic N) is 2. The number of aromatic nitrogens is 2. The molecule has 0 saturated carbocycles. The second-order valence-electron chi connectivity index (χ2n) is 7.09. The van der Waals surface area contributed by atoms with Crippen LogP contribution in [-0.2, 0) is 0 Å². The van der Waals surface area contributed by atoms with E-state index in [1.807, 2.05) is 0 Å². The van der Waals surface area contributed by atoms with Gasteiger partial charge >= 0.3 is 5.97 Å². The minimum absolute atomic E-state index is 0.0159. The number of nitrogens with one attached hydrogen (secondary N) is 1. The fourth-order valence-electron chi connectivity index (χ4n) is 3.94. The monoisotopic (exact) mass is 383 g/mol. The van der Waals surface area contributed by atoms with Gasteiger partial charge in [0.1, 0.15) is 0 Å². The molecule has 27 heavy (non-hydrogen) atoms. The van der Waals surface area contributed by atoms with Gasteiger partial charge in [0, 0.05) is 10.9 Å². The number of halogens is 1. The van der Waals surface area contributed by atoms with Crippen molar-refractivity contribution in [3.8, 4) is 11.1 Å². The van der Waals surface area contributed by atoms with E-state index in [4.69, 9.17) is 11.6 Å². The SMILES string of the molecule is CCN1CCC(c2ccc(-c3cc4c(C(=O)O)n[nH]c4cc3Cl)cc2)CC1. The number of rotatable bonds is 4. The smallest absolute Gasteiger partial charge is 0.357 e. The Labute approximate surface area is 162 Å². The van der Waals surface area contributed by atoms with E-state index in [0.29, 0.717) is 21.8 Å². The van der Waals surface area contributed by atoms with Crippen LogP contribution in [0, 0.1) is 0 Å². The zero-order valence-corrected chi connectivity index (χ0v) is 16.0. The highest BCUT2D eigenvalue weighted by Gasteiger charge is 2.20. The quantitative estimate of drug-likeness (QED) is 0.680. The highest BCUT2D eigenvalue weighted by atomic mass is 35.5. The Balaban J connectivity index is 1.63. The zero-order chi connectivity index (χ0) is 19.0. The summed E-state index contributed by atoms with van der Waals surface area (Å²) in [5.41, 5.74) is 3.80. The second kappa shape index (κ2) is 7.33. The minimum Gasteiger partial charge on any atom is -0.476 e. The third-order valence-corrected chi connectivity index (χ3v) is 5.89. The van der Waals surface area contributed by atoms with Gasteiger partial charge in [-0.3, -0.25) is 5.10 Å². The summed E-state index contributed by atoms with van der Waals surface area (Å²) >= 11 is 6.45. The number of aromatic amines is 1. The number of likely N-dealkylation sites (tertiary alicyclic amines) is 1. The van der Waals surface area contributed by atoms with E-state index in [0.717, 1.165) is 30.8 Å². The van der Waals surface area contributed by atoms with E-state index >= 15 is 0 Å². The first-order valence-corrected chi connectivity index (χ1v) is 9.68. The maximum atomic E-state index is 11.4. The maximum Gasteiger partial charge on any atom is 0.357 e. The maximum absolute atomic E-state index is 11.4. The third kappa shape index (κ3) is 3.45. The van der Waals surface area contributed by atoms with E-state index in [-0.39, 0.29) is 5.69 Å². The Morgan fingerprint density at radius 3 is 2.59 bits per heavy atom. The van der Waals surface area contributed by atoms with E-state index in [2.05, 4.69) is 46.3 Å². The van der Waals surface area contributed by atoms with Crippen molar-refractivity contribution < 1.29 is 9.90 Å². The normalized spacial score (nSPS) is 16.1. The summed E-state index contributed by atoms with van der Waals surface area (Å²) in [7, 11) is 0. The number of carbonyl (C=O) groups is 1. The van der Waals surface area contributed by atoms with Crippen LogP contribution in [0.4, 0.5) is 0 Å². The largest absolute Gasteiger partial charge is 0.476 e. The molecule has 2 aromatic carbocycles. The van der Waals surface area contributed by atoms with Gasteiger partial charge in [-0.2, -0.15) is 5.10 Å². The van der Waals surface area contributed by atoms with Crippen LogP contribution in [0.2, 0.25) is 5.02 Å². The average Bonchev–Trinajstić information content (AvgIpc) is 3.10. The molecule has 0 aliphatic carbocycles. The lowest BCUT2D eigenvalue weighted by Gasteiger charge is -2.31. The first kappa shape index (κ1) is 18.0. The summed E-state index contributed by atoms with van der Waals surface area (Å²) in [5.74, 6) is -0.449. The van der Waals surface area contributed by atoms with Crippen molar-refractivity contribution in [2.24, 2.45) is 0 Å². The van der Waals surface area contributed by atoms with E-state index < -0.39 is 5.97 Å². The molecule has 0 radical (unpaired) electrons. The predicted molar refractivity (Wildman–Crippen MR) is 108 cm³/mol. The number of hydrogen-bond acceptors (Lipinski definition) is 3. The highest BCUT2D eigenvalue weighted by molar-refractivity contribution is 6.34. The van der Waals surface area contributed by atoms with Gasteiger partial charge < -0.3 is 10.0 Å². The van der Waals surface area contributed by atoms with Gasteiger partial charge in [0.15, 0.2) is 5.69 Å². The van der Waals surface area contributed by atoms with Crippen molar-refractivity contribution in [2.45, 2.75) is 25.7 Å². The fraction of sp³-hybridized carbons (Fsp3) is 0.333. The van der Waals surface area contributed by atoms with Crippen LogP contribution < -0.4 is 0 Å². The molecule has 1 saturated heterocycles. The molecule has 2 heterocycles. The molecule has 0 bridgehead atoms. The highest BCUT2D eigenvalue weighted by Crippen LogP contribution is 2.35. The van der Waals surface area contributed by atoms with Gasteiger partial charge in [-0.05, 0) is 61.7 Å². The molecular weight excluding hydrogens is 362 g/mol. The molecule has 1 aliphatic heterocycles. The summed E-state index contributed by atoms with van der Waals surface area (Å²) in [6.45, 7) is 5.65. The summed E-state index contributed by atoms with van der Waals surface area (Å²) in [6.07, 6.45) is 2.38.